The summed E-state index contributed by atoms with van der Waals surface area (Å²) in [5, 5.41) is 14.0. The van der Waals surface area contributed by atoms with Gasteiger partial charge in [-0.15, -0.1) is 0 Å². The fourth-order valence-electron chi connectivity index (χ4n) is 4.56. The van der Waals surface area contributed by atoms with Gasteiger partial charge in [0.05, 0.1) is 22.5 Å². The van der Waals surface area contributed by atoms with Gasteiger partial charge in [-0.1, -0.05) is 30.3 Å². The van der Waals surface area contributed by atoms with Crippen LogP contribution in [0.5, 0.6) is 0 Å². The van der Waals surface area contributed by atoms with Crippen LogP contribution in [0.2, 0.25) is 0 Å². The fourth-order valence-corrected chi connectivity index (χ4v) is 4.56. The van der Waals surface area contributed by atoms with Gasteiger partial charge in [-0.25, -0.2) is 4.98 Å². The SMILES string of the molecule is Cn1c(CN2CCN(C(=O)c3ccccc3)CC2)nc2cc(NC(=O)c3ccccc3[N+](=O)[O-])ccc21. The Bertz CT molecular complexity index is 1480. The summed E-state index contributed by atoms with van der Waals surface area (Å²) in [6.45, 7) is 3.44. The van der Waals surface area contributed by atoms with Crippen molar-refractivity contribution in [2.75, 3.05) is 31.5 Å². The lowest BCUT2D eigenvalue weighted by molar-refractivity contribution is -0.385. The number of rotatable bonds is 6. The Labute approximate surface area is 213 Å². The second-order valence-electron chi connectivity index (χ2n) is 8.95. The number of aryl methyl sites for hydroxylation is 1. The first-order chi connectivity index (χ1) is 17.9. The molecule has 0 spiro atoms. The quantitative estimate of drug-likeness (QED) is 0.320. The number of nitrogens with zero attached hydrogens (tertiary/aromatic N) is 5. The van der Waals surface area contributed by atoms with E-state index in [9.17, 15) is 19.7 Å². The van der Waals surface area contributed by atoms with E-state index in [0.29, 0.717) is 30.9 Å². The average Bonchev–Trinajstić information content (AvgIpc) is 3.23. The molecule has 5 rings (SSSR count). The molecule has 3 aromatic carbocycles. The summed E-state index contributed by atoms with van der Waals surface area (Å²) in [6, 6.07) is 20.6. The Hall–Kier alpha value is -4.57. The van der Waals surface area contributed by atoms with Crippen molar-refractivity contribution < 1.29 is 14.5 Å². The third-order valence-electron chi connectivity index (χ3n) is 6.62. The predicted octanol–water partition coefficient (Wildman–Crippen LogP) is 3.69. The zero-order valence-corrected chi connectivity index (χ0v) is 20.3. The van der Waals surface area contributed by atoms with Crippen molar-refractivity contribution >= 4 is 34.2 Å². The number of amides is 2. The van der Waals surface area contributed by atoms with Crippen LogP contribution in [0, 0.1) is 10.1 Å². The molecule has 0 atom stereocenters. The van der Waals surface area contributed by atoms with Crippen molar-refractivity contribution in [3.63, 3.8) is 0 Å². The van der Waals surface area contributed by atoms with Gasteiger partial charge in [0.15, 0.2) is 0 Å². The Kier molecular flexibility index (Phi) is 6.65. The van der Waals surface area contributed by atoms with Gasteiger partial charge < -0.3 is 14.8 Å². The number of aromatic nitrogens is 2. The largest absolute Gasteiger partial charge is 0.336 e. The maximum absolute atomic E-state index is 12.7. The third kappa shape index (κ3) is 5.05. The van der Waals surface area contributed by atoms with Gasteiger partial charge in [0.2, 0.25) is 0 Å². The number of carbonyl (C=O) groups is 2. The van der Waals surface area contributed by atoms with E-state index in [2.05, 4.69) is 10.2 Å². The molecule has 4 aromatic rings. The van der Waals surface area contributed by atoms with Crippen LogP contribution >= 0.6 is 0 Å². The molecule has 10 nitrogen and oxygen atoms in total. The lowest BCUT2D eigenvalue weighted by Gasteiger charge is -2.34. The molecule has 2 heterocycles. The molecule has 1 N–H and O–H groups in total. The van der Waals surface area contributed by atoms with Crippen molar-refractivity contribution in [2.45, 2.75) is 6.54 Å². The summed E-state index contributed by atoms with van der Waals surface area (Å²) >= 11 is 0. The first-order valence-corrected chi connectivity index (χ1v) is 12.0. The Balaban J connectivity index is 1.25. The molecule has 1 aliphatic heterocycles. The molecular formula is C27H26N6O4. The summed E-state index contributed by atoms with van der Waals surface area (Å²) in [5.41, 5.74) is 2.60. The standard InChI is InChI=1S/C27H26N6O4/c1-30-24-12-11-20(28-26(34)21-9-5-6-10-23(21)33(36)37)17-22(24)29-25(30)18-31-13-15-32(16-14-31)27(35)19-7-3-2-4-8-19/h2-12,17H,13-16,18H2,1H3,(H,28,34). The van der Waals surface area contributed by atoms with Crippen molar-refractivity contribution in [1.82, 2.24) is 19.4 Å². The van der Waals surface area contributed by atoms with Crippen LogP contribution in [0.1, 0.15) is 26.5 Å². The average molecular weight is 499 g/mol. The summed E-state index contributed by atoms with van der Waals surface area (Å²) in [5.74, 6) is 0.379. The lowest BCUT2D eigenvalue weighted by Crippen LogP contribution is -2.48. The topological polar surface area (TPSA) is 114 Å². The number of benzene rings is 3. The van der Waals surface area contributed by atoms with Crippen LogP contribution in [0.4, 0.5) is 11.4 Å². The molecule has 1 fully saturated rings. The Morgan fingerprint density at radius 1 is 0.973 bits per heavy atom. The van der Waals surface area contributed by atoms with Gasteiger partial charge >= 0.3 is 0 Å². The number of para-hydroxylation sites is 1. The lowest BCUT2D eigenvalue weighted by atomic mass is 10.1. The smallest absolute Gasteiger partial charge is 0.282 e. The third-order valence-corrected chi connectivity index (χ3v) is 6.62. The van der Waals surface area contributed by atoms with Gasteiger partial charge in [0, 0.05) is 50.5 Å². The molecule has 0 saturated carbocycles. The Morgan fingerprint density at radius 2 is 1.68 bits per heavy atom. The molecule has 0 radical (unpaired) electrons. The van der Waals surface area contributed by atoms with Gasteiger partial charge in [-0.2, -0.15) is 0 Å². The Morgan fingerprint density at radius 3 is 2.41 bits per heavy atom. The highest BCUT2D eigenvalue weighted by Crippen LogP contribution is 2.23. The number of nitrogens with one attached hydrogen (secondary N) is 1. The maximum Gasteiger partial charge on any atom is 0.282 e. The number of nitro groups is 1. The highest BCUT2D eigenvalue weighted by Gasteiger charge is 2.24. The highest BCUT2D eigenvalue weighted by molar-refractivity contribution is 6.07. The summed E-state index contributed by atoms with van der Waals surface area (Å²) in [7, 11) is 1.95. The molecule has 0 aliphatic carbocycles. The second kappa shape index (κ2) is 10.2. The number of hydrogen-bond acceptors (Lipinski definition) is 6. The number of fused-ring (bicyclic) bond motifs is 1. The van der Waals surface area contributed by atoms with Crippen LogP contribution in [-0.4, -0.2) is 62.3 Å². The number of hydrogen-bond donors (Lipinski definition) is 1. The maximum atomic E-state index is 12.7. The molecule has 1 aromatic heterocycles. The molecule has 37 heavy (non-hydrogen) atoms. The number of piperazine rings is 1. The van der Waals surface area contributed by atoms with E-state index in [1.807, 2.05) is 52.9 Å². The number of imidazole rings is 1. The molecule has 0 unspecified atom stereocenters. The molecular weight excluding hydrogens is 472 g/mol. The van der Waals surface area contributed by atoms with E-state index in [0.717, 1.165) is 29.9 Å². The monoisotopic (exact) mass is 498 g/mol. The number of carbonyl (C=O) groups excluding carboxylic acids is 2. The van der Waals surface area contributed by atoms with Crippen molar-refractivity contribution in [3.05, 3.63) is 99.9 Å². The van der Waals surface area contributed by atoms with Crippen LogP contribution in [0.15, 0.2) is 72.8 Å². The number of anilines is 1. The van der Waals surface area contributed by atoms with Gasteiger partial charge in [-0.3, -0.25) is 24.6 Å². The minimum atomic E-state index is -0.569. The highest BCUT2D eigenvalue weighted by atomic mass is 16.6. The van der Waals surface area contributed by atoms with Gasteiger partial charge in [0.25, 0.3) is 17.5 Å². The fraction of sp³-hybridized carbons (Fsp3) is 0.222. The second-order valence-corrected chi connectivity index (χ2v) is 8.95. The molecule has 0 bridgehead atoms. The summed E-state index contributed by atoms with van der Waals surface area (Å²) < 4.78 is 2.02. The van der Waals surface area contributed by atoms with Gasteiger partial charge in [0.1, 0.15) is 11.4 Å². The normalized spacial score (nSPS) is 14.0. The van der Waals surface area contributed by atoms with Crippen molar-refractivity contribution in [1.29, 1.82) is 0 Å². The molecule has 2 amide bonds. The molecule has 1 saturated heterocycles. The zero-order valence-electron chi connectivity index (χ0n) is 20.3. The van der Waals surface area contributed by atoms with E-state index in [1.165, 1.54) is 18.2 Å². The van der Waals surface area contributed by atoms with E-state index in [-0.39, 0.29) is 17.2 Å². The summed E-state index contributed by atoms with van der Waals surface area (Å²) in [6.07, 6.45) is 0. The van der Waals surface area contributed by atoms with Crippen molar-refractivity contribution in [3.8, 4) is 0 Å². The molecule has 188 valence electrons. The van der Waals surface area contributed by atoms with E-state index in [4.69, 9.17) is 4.98 Å². The van der Waals surface area contributed by atoms with Crippen LogP contribution in [-0.2, 0) is 13.6 Å². The van der Waals surface area contributed by atoms with Crippen LogP contribution < -0.4 is 5.32 Å². The van der Waals surface area contributed by atoms with Crippen LogP contribution in [0.3, 0.4) is 0 Å². The zero-order chi connectivity index (χ0) is 25.9. The first kappa shape index (κ1) is 24.1. The van der Waals surface area contributed by atoms with E-state index >= 15 is 0 Å². The van der Waals surface area contributed by atoms with Gasteiger partial charge in [-0.05, 0) is 36.4 Å². The van der Waals surface area contributed by atoms with E-state index in [1.54, 1.807) is 18.2 Å². The predicted molar refractivity (Wildman–Crippen MR) is 139 cm³/mol. The molecule has 1 aliphatic rings. The summed E-state index contributed by atoms with van der Waals surface area (Å²) in [4.78, 5) is 45.0. The van der Waals surface area contributed by atoms with E-state index < -0.39 is 10.8 Å². The number of nitro benzene ring substituents is 1. The first-order valence-electron chi connectivity index (χ1n) is 12.0. The van der Waals surface area contributed by atoms with Crippen molar-refractivity contribution in [2.24, 2.45) is 7.05 Å². The molecule has 10 heteroatoms. The van der Waals surface area contributed by atoms with Crippen LogP contribution in [0.25, 0.3) is 11.0 Å². The minimum Gasteiger partial charge on any atom is -0.336 e. The minimum absolute atomic E-state index is 0.000745.